The van der Waals surface area contributed by atoms with Gasteiger partial charge in [-0.05, 0) is 48.9 Å². The molecule has 0 radical (unpaired) electrons. The van der Waals surface area contributed by atoms with Crippen LogP contribution in [0.1, 0.15) is 35.4 Å². The molecule has 0 fully saturated rings. The minimum Gasteiger partial charge on any atom is -0.309 e. The molecule has 1 aromatic heterocycles. The predicted molar refractivity (Wildman–Crippen MR) is 80.2 cm³/mol. The number of nitrogens with one attached hydrogen (secondary N) is 1. The van der Waals surface area contributed by atoms with Crippen molar-refractivity contribution in [1.29, 1.82) is 0 Å². The van der Waals surface area contributed by atoms with Crippen LogP contribution < -0.4 is 5.32 Å². The molecule has 0 amide bonds. The van der Waals surface area contributed by atoms with Gasteiger partial charge in [0.2, 0.25) is 0 Å². The number of rotatable bonds is 6. The molecule has 1 N–H and O–H groups in total. The molecule has 0 aliphatic carbocycles. The highest BCUT2D eigenvalue weighted by molar-refractivity contribution is 7.10. The van der Waals surface area contributed by atoms with Gasteiger partial charge in [-0.3, -0.25) is 0 Å². The van der Waals surface area contributed by atoms with Crippen molar-refractivity contribution < 1.29 is 0 Å². The lowest BCUT2D eigenvalue weighted by atomic mass is 10.1. The lowest BCUT2D eigenvalue weighted by Crippen LogP contribution is -2.22. The van der Waals surface area contributed by atoms with Gasteiger partial charge in [0.15, 0.2) is 0 Å². The zero-order chi connectivity index (χ0) is 12.8. The highest BCUT2D eigenvalue weighted by atomic mass is 32.1. The van der Waals surface area contributed by atoms with Crippen LogP contribution in [0, 0.1) is 6.92 Å². The fraction of sp³-hybridized carbons (Fsp3) is 0.375. The van der Waals surface area contributed by atoms with E-state index in [0.717, 1.165) is 19.4 Å². The van der Waals surface area contributed by atoms with Crippen LogP contribution in [0.3, 0.4) is 0 Å². The van der Waals surface area contributed by atoms with Crippen molar-refractivity contribution in [3.05, 3.63) is 57.8 Å². The van der Waals surface area contributed by atoms with Crippen LogP contribution >= 0.6 is 11.3 Å². The smallest absolute Gasteiger partial charge is 0.0412 e. The zero-order valence-corrected chi connectivity index (χ0v) is 12.0. The molecule has 0 saturated carbocycles. The first-order chi connectivity index (χ1) is 8.81. The summed E-state index contributed by atoms with van der Waals surface area (Å²) in [5.74, 6) is 0. The summed E-state index contributed by atoms with van der Waals surface area (Å²) in [5, 5.41) is 5.81. The van der Waals surface area contributed by atoms with Gasteiger partial charge in [-0.25, -0.2) is 0 Å². The molecular weight excluding hydrogens is 238 g/mol. The molecule has 1 aromatic carbocycles. The SMILES string of the molecule is CCC(NCCc1ccccc1C)c1cccs1. The van der Waals surface area contributed by atoms with Crippen LogP contribution in [-0.4, -0.2) is 6.54 Å². The molecular formula is C16H21NS. The summed E-state index contributed by atoms with van der Waals surface area (Å²) in [4.78, 5) is 1.45. The van der Waals surface area contributed by atoms with Gasteiger partial charge in [0, 0.05) is 10.9 Å². The average molecular weight is 259 g/mol. The summed E-state index contributed by atoms with van der Waals surface area (Å²) in [6.07, 6.45) is 2.25. The largest absolute Gasteiger partial charge is 0.309 e. The van der Waals surface area contributed by atoms with Crippen LogP contribution in [0.5, 0.6) is 0 Å². The predicted octanol–water partition coefficient (Wildman–Crippen LogP) is 4.34. The third kappa shape index (κ3) is 3.44. The van der Waals surface area contributed by atoms with E-state index in [2.05, 4.69) is 60.9 Å². The van der Waals surface area contributed by atoms with E-state index in [1.807, 2.05) is 11.3 Å². The molecule has 1 heterocycles. The van der Waals surface area contributed by atoms with Crippen LogP contribution in [0.4, 0.5) is 0 Å². The molecule has 2 heteroatoms. The maximum atomic E-state index is 3.66. The first-order valence-corrected chi connectivity index (χ1v) is 7.50. The van der Waals surface area contributed by atoms with Crippen molar-refractivity contribution in [2.24, 2.45) is 0 Å². The van der Waals surface area contributed by atoms with E-state index in [-0.39, 0.29) is 0 Å². The van der Waals surface area contributed by atoms with Crippen molar-refractivity contribution in [1.82, 2.24) is 5.32 Å². The van der Waals surface area contributed by atoms with E-state index < -0.39 is 0 Å². The second-order valence-electron chi connectivity index (χ2n) is 4.61. The lowest BCUT2D eigenvalue weighted by molar-refractivity contribution is 0.530. The second kappa shape index (κ2) is 6.72. The second-order valence-corrected chi connectivity index (χ2v) is 5.59. The first kappa shape index (κ1) is 13.3. The van der Waals surface area contributed by atoms with E-state index >= 15 is 0 Å². The molecule has 0 spiro atoms. The number of hydrogen-bond acceptors (Lipinski definition) is 2. The van der Waals surface area contributed by atoms with Gasteiger partial charge in [0.25, 0.3) is 0 Å². The zero-order valence-electron chi connectivity index (χ0n) is 11.1. The standard InChI is InChI=1S/C16H21NS/c1-3-15(16-9-6-12-18-16)17-11-10-14-8-5-4-7-13(14)2/h4-9,12,15,17H,3,10-11H2,1-2H3. The van der Waals surface area contributed by atoms with Gasteiger partial charge in [0.1, 0.15) is 0 Å². The molecule has 1 atom stereocenters. The molecule has 1 nitrogen and oxygen atoms in total. The van der Waals surface area contributed by atoms with Crippen molar-refractivity contribution in [3.8, 4) is 0 Å². The Morgan fingerprint density at radius 1 is 1.17 bits per heavy atom. The quantitative estimate of drug-likeness (QED) is 0.813. The fourth-order valence-corrected chi connectivity index (χ4v) is 3.09. The number of thiophene rings is 1. The fourth-order valence-electron chi connectivity index (χ4n) is 2.21. The van der Waals surface area contributed by atoms with Gasteiger partial charge in [0.05, 0.1) is 0 Å². The van der Waals surface area contributed by atoms with Gasteiger partial charge in [-0.15, -0.1) is 11.3 Å². The Hall–Kier alpha value is -1.12. The van der Waals surface area contributed by atoms with Crippen LogP contribution in [0.2, 0.25) is 0 Å². The summed E-state index contributed by atoms with van der Waals surface area (Å²) < 4.78 is 0. The van der Waals surface area contributed by atoms with Gasteiger partial charge in [-0.1, -0.05) is 37.3 Å². The molecule has 2 aromatic rings. The van der Waals surface area contributed by atoms with Gasteiger partial charge < -0.3 is 5.32 Å². The van der Waals surface area contributed by atoms with E-state index in [4.69, 9.17) is 0 Å². The van der Waals surface area contributed by atoms with Crippen molar-refractivity contribution in [2.45, 2.75) is 32.7 Å². The molecule has 0 aliphatic rings. The highest BCUT2D eigenvalue weighted by Crippen LogP contribution is 2.21. The average Bonchev–Trinajstić information content (AvgIpc) is 2.90. The molecule has 0 aliphatic heterocycles. The van der Waals surface area contributed by atoms with Gasteiger partial charge >= 0.3 is 0 Å². The summed E-state index contributed by atoms with van der Waals surface area (Å²) in [7, 11) is 0. The molecule has 1 unspecified atom stereocenters. The summed E-state index contributed by atoms with van der Waals surface area (Å²) in [5.41, 5.74) is 2.84. The van der Waals surface area contributed by atoms with E-state index in [1.165, 1.54) is 16.0 Å². The van der Waals surface area contributed by atoms with Crippen molar-refractivity contribution >= 4 is 11.3 Å². The minimum atomic E-state index is 0.508. The Bertz CT molecular complexity index is 462. The molecule has 2 rings (SSSR count). The first-order valence-electron chi connectivity index (χ1n) is 6.62. The summed E-state index contributed by atoms with van der Waals surface area (Å²) in [6.45, 7) is 5.47. The van der Waals surface area contributed by atoms with Crippen molar-refractivity contribution in [2.75, 3.05) is 6.54 Å². The van der Waals surface area contributed by atoms with E-state index in [9.17, 15) is 0 Å². The van der Waals surface area contributed by atoms with Crippen LogP contribution in [-0.2, 0) is 6.42 Å². The Morgan fingerprint density at radius 2 is 2.00 bits per heavy atom. The Labute approximate surface area is 114 Å². The Balaban J connectivity index is 1.86. The summed E-state index contributed by atoms with van der Waals surface area (Å²) in [6, 6.07) is 13.5. The maximum absolute atomic E-state index is 3.66. The number of hydrogen-bond donors (Lipinski definition) is 1. The Morgan fingerprint density at radius 3 is 2.67 bits per heavy atom. The lowest BCUT2D eigenvalue weighted by Gasteiger charge is -2.15. The molecule has 0 bridgehead atoms. The van der Waals surface area contributed by atoms with Crippen molar-refractivity contribution in [3.63, 3.8) is 0 Å². The van der Waals surface area contributed by atoms with Crippen LogP contribution in [0.15, 0.2) is 41.8 Å². The Kier molecular flexibility index (Phi) is 4.97. The normalized spacial score (nSPS) is 12.6. The monoisotopic (exact) mass is 259 g/mol. The molecule has 0 saturated heterocycles. The van der Waals surface area contributed by atoms with Gasteiger partial charge in [-0.2, -0.15) is 0 Å². The molecule has 96 valence electrons. The highest BCUT2D eigenvalue weighted by Gasteiger charge is 2.09. The third-order valence-corrected chi connectivity index (χ3v) is 4.33. The molecule has 18 heavy (non-hydrogen) atoms. The van der Waals surface area contributed by atoms with Crippen LogP contribution in [0.25, 0.3) is 0 Å². The minimum absolute atomic E-state index is 0.508. The summed E-state index contributed by atoms with van der Waals surface area (Å²) >= 11 is 1.84. The van der Waals surface area contributed by atoms with E-state index in [0.29, 0.717) is 6.04 Å². The number of benzene rings is 1. The number of aryl methyl sites for hydroxylation is 1. The third-order valence-electron chi connectivity index (χ3n) is 3.34. The topological polar surface area (TPSA) is 12.0 Å². The maximum Gasteiger partial charge on any atom is 0.0412 e. The van der Waals surface area contributed by atoms with E-state index in [1.54, 1.807) is 0 Å².